The van der Waals surface area contributed by atoms with Gasteiger partial charge in [0.25, 0.3) is 0 Å². The average Bonchev–Trinajstić information content (AvgIpc) is 2.58. The largest absolute Gasteiger partial charge is 0.395 e. The molecule has 0 aliphatic carbocycles. The summed E-state index contributed by atoms with van der Waals surface area (Å²) in [5.74, 6) is 0.292. The number of amides is 1. The number of rotatable bonds is 17. The predicted octanol–water partition coefficient (Wildman–Crippen LogP) is 4.31. The lowest BCUT2D eigenvalue weighted by Gasteiger charge is -2.03. The predicted molar refractivity (Wildman–Crippen MR) is 99.9 cm³/mol. The number of carbonyl (C=O) groups excluding carboxylic acids is 2. The van der Waals surface area contributed by atoms with Crippen LogP contribution in [0.5, 0.6) is 0 Å². The smallest absolute Gasteiger partial charge is 0.220 e. The summed E-state index contributed by atoms with van der Waals surface area (Å²) in [5, 5.41) is 11.3. The summed E-state index contributed by atoms with van der Waals surface area (Å²) in [6, 6.07) is 0. The SMILES string of the molecule is CCCCCCCC(=O)/C=C/CCCCCCCC(=O)NCCO. The molecule has 4 nitrogen and oxygen atoms in total. The van der Waals surface area contributed by atoms with E-state index in [1.54, 1.807) is 6.08 Å². The third-order valence-corrected chi connectivity index (χ3v) is 4.04. The fourth-order valence-corrected chi connectivity index (χ4v) is 2.56. The van der Waals surface area contributed by atoms with Gasteiger partial charge in [-0.05, 0) is 31.8 Å². The summed E-state index contributed by atoms with van der Waals surface area (Å²) in [5.41, 5.74) is 0. The van der Waals surface area contributed by atoms with Gasteiger partial charge in [0.05, 0.1) is 6.61 Å². The number of aliphatic hydroxyl groups is 1. The molecule has 4 heteroatoms. The van der Waals surface area contributed by atoms with E-state index in [-0.39, 0.29) is 18.3 Å². The molecule has 2 N–H and O–H groups in total. The lowest BCUT2D eigenvalue weighted by molar-refractivity contribution is -0.121. The Kier molecular flexibility index (Phi) is 17.3. The standard InChI is InChI=1S/C20H37NO3/c1-2-3-4-8-11-14-19(23)15-12-9-6-5-7-10-13-16-20(24)21-17-18-22/h12,15,22H,2-11,13-14,16-18H2,1H3,(H,21,24)/b15-12+. The van der Waals surface area contributed by atoms with E-state index in [1.165, 1.54) is 25.7 Å². The minimum absolute atomic E-state index is 0.000613. The first kappa shape index (κ1) is 22.8. The van der Waals surface area contributed by atoms with E-state index in [2.05, 4.69) is 12.2 Å². The maximum absolute atomic E-state index is 11.6. The molecule has 0 bridgehead atoms. The van der Waals surface area contributed by atoms with Crippen molar-refractivity contribution in [3.63, 3.8) is 0 Å². The number of allylic oxidation sites excluding steroid dienone is 2. The second kappa shape index (κ2) is 18.2. The van der Waals surface area contributed by atoms with Crippen LogP contribution in [0.3, 0.4) is 0 Å². The Morgan fingerprint density at radius 1 is 0.875 bits per heavy atom. The van der Waals surface area contributed by atoms with Crippen molar-refractivity contribution in [2.45, 2.75) is 90.4 Å². The number of hydrogen-bond donors (Lipinski definition) is 2. The van der Waals surface area contributed by atoms with Gasteiger partial charge < -0.3 is 10.4 Å². The summed E-state index contributed by atoms with van der Waals surface area (Å²) in [7, 11) is 0. The monoisotopic (exact) mass is 339 g/mol. The van der Waals surface area contributed by atoms with Crippen molar-refractivity contribution in [1.29, 1.82) is 0 Å². The molecule has 1 amide bonds. The Morgan fingerprint density at radius 2 is 1.50 bits per heavy atom. The highest BCUT2D eigenvalue weighted by atomic mass is 16.3. The van der Waals surface area contributed by atoms with Gasteiger partial charge in [-0.15, -0.1) is 0 Å². The molecule has 140 valence electrons. The summed E-state index contributed by atoms with van der Waals surface area (Å²) >= 11 is 0. The second-order valence-electron chi connectivity index (χ2n) is 6.41. The van der Waals surface area contributed by atoms with E-state index >= 15 is 0 Å². The minimum Gasteiger partial charge on any atom is -0.395 e. The molecule has 0 aromatic heterocycles. The van der Waals surface area contributed by atoms with Crippen LogP contribution in [-0.2, 0) is 9.59 Å². The molecule has 0 fully saturated rings. The van der Waals surface area contributed by atoms with Crippen LogP contribution in [0.1, 0.15) is 90.4 Å². The molecular formula is C20H37NO3. The van der Waals surface area contributed by atoms with Crippen LogP contribution < -0.4 is 5.32 Å². The van der Waals surface area contributed by atoms with Gasteiger partial charge in [-0.2, -0.15) is 0 Å². The molecule has 0 spiro atoms. The normalized spacial score (nSPS) is 11.1. The van der Waals surface area contributed by atoms with Gasteiger partial charge in [0, 0.05) is 19.4 Å². The number of carbonyl (C=O) groups is 2. The number of nitrogens with one attached hydrogen (secondary N) is 1. The first-order chi connectivity index (χ1) is 11.7. The third kappa shape index (κ3) is 17.2. The Balaban J connectivity index is 3.33. The molecule has 0 unspecified atom stereocenters. The quantitative estimate of drug-likeness (QED) is 0.306. The molecule has 24 heavy (non-hydrogen) atoms. The second-order valence-corrected chi connectivity index (χ2v) is 6.41. The molecular weight excluding hydrogens is 302 g/mol. The molecule has 0 radical (unpaired) electrons. The van der Waals surface area contributed by atoms with E-state index in [1.807, 2.05) is 6.08 Å². The summed E-state index contributed by atoms with van der Waals surface area (Å²) in [6.45, 7) is 2.55. The van der Waals surface area contributed by atoms with Crippen LogP contribution in [0.2, 0.25) is 0 Å². The molecule has 0 aromatic carbocycles. The number of ketones is 1. The van der Waals surface area contributed by atoms with Crippen molar-refractivity contribution in [3.05, 3.63) is 12.2 Å². The molecule has 0 atom stereocenters. The van der Waals surface area contributed by atoms with Gasteiger partial charge >= 0.3 is 0 Å². The zero-order valence-corrected chi connectivity index (χ0v) is 15.5. The van der Waals surface area contributed by atoms with Crippen LogP contribution in [0.4, 0.5) is 0 Å². The average molecular weight is 340 g/mol. The van der Waals surface area contributed by atoms with Crippen LogP contribution in [0.15, 0.2) is 12.2 Å². The molecule has 0 heterocycles. The third-order valence-electron chi connectivity index (χ3n) is 4.04. The first-order valence-electron chi connectivity index (χ1n) is 9.77. The van der Waals surface area contributed by atoms with Crippen molar-refractivity contribution in [2.24, 2.45) is 0 Å². The van der Waals surface area contributed by atoms with Crippen LogP contribution in [-0.4, -0.2) is 29.9 Å². The van der Waals surface area contributed by atoms with E-state index in [0.29, 0.717) is 19.4 Å². The van der Waals surface area contributed by atoms with Crippen LogP contribution in [0.25, 0.3) is 0 Å². The highest BCUT2D eigenvalue weighted by Crippen LogP contribution is 2.09. The zero-order chi connectivity index (χ0) is 17.9. The maximum Gasteiger partial charge on any atom is 0.220 e. The fraction of sp³-hybridized carbons (Fsp3) is 0.800. The Morgan fingerprint density at radius 3 is 2.21 bits per heavy atom. The van der Waals surface area contributed by atoms with Gasteiger partial charge in [0.2, 0.25) is 5.91 Å². The van der Waals surface area contributed by atoms with Gasteiger partial charge in [0.15, 0.2) is 5.78 Å². The lowest BCUT2D eigenvalue weighted by Crippen LogP contribution is -2.25. The molecule has 0 saturated carbocycles. The first-order valence-corrected chi connectivity index (χ1v) is 9.77. The lowest BCUT2D eigenvalue weighted by atomic mass is 10.1. The van der Waals surface area contributed by atoms with Crippen LogP contribution in [0, 0.1) is 0 Å². The Labute approximate surface area is 148 Å². The van der Waals surface area contributed by atoms with E-state index in [0.717, 1.165) is 44.9 Å². The van der Waals surface area contributed by atoms with Crippen molar-refractivity contribution < 1.29 is 14.7 Å². The van der Waals surface area contributed by atoms with Gasteiger partial charge in [-0.3, -0.25) is 9.59 Å². The number of unbranched alkanes of at least 4 members (excludes halogenated alkanes) is 9. The maximum atomic E-state index is 11.6. The van der Waals surface area contributed by atoms with Crippen molar-refractivity contribution in [2.75, 3.05) is 13.2 Å². The molecule has 0 aromatic rings. The Bertz CT molecular complexity index is 340. The molecule has 0 saturated heterocycles. The Hall–Kier alpha value is -1.16. The summed E-state index contributed by atoms with van der Waals surface area (Å²) in [4.78, 5) is 23.0. The molecule has 0 aliphatic heterocycles. The molecule has 0 rings (SSSR count). The van der Waals surface area contributed by atoms with E-state index in [4.69, 9.17) is 5.11 Å². The minimum atomic E-state index is 0.000613. The fourth-order valence-electron chi connectivity index (χ4n) is 2.56. The highest BCUT2D eigenvalue weighted by molar-refractivity contribution is 5.89. The zero-order valence-electron chi connectivity index (χ0n) is 15.5. The number of aliphatic hydroxyl groups excluding tert-OH is 1. The highest BCUT2D eigenvalue weighted by Gasteiger charge is 1.99. The van der Waals surface area contributed by atoms with Gasteiger partial charge in [-0.1, -0.05) is 57.9 Å². The van der Waals surface area contributed by atoms with Gasteiger partial charge in [-0.25, -0.2) is 0 Å². The van der Waals surface area contributed by atoms with Crippen molar-refractivity contribution in [3.8, 4) is 0 Å². The van der Waals surface area contributed by atoms with Crippen molar-refractivity contribution >= 4 is 11.7 Å². The topological polar surface area (TPSA) is 66.4 Å². The van der Waals surface area contributed by atoms with Crippen LogP contribution >= 0.6 is 0 Å². The molecule has 0 aliphatic rings. The summed E-state index contributed by atoms with van der Waals surface area (Å²) < 4.78 is 0. The van der Waals surface area contributed by atoms with E-state index in [9.17, 15) is 9.59 Å². The van der Waals surface area contributed by atoms with Gasteiger partial charge in [0.1, 0.15) is 0 Å². The number of hydrogen-bond acceptors (Lipinski definition) is 3. The van der Waals surface area contributed by atoms with Crippen molar-refractivity contribution in [1.82, 2.24) is 5.32 Å². The summed E-state index contributed by atoms with van der Waals surface area (Å²) in [6.07, 6.45) is 17.3. The van der Waals surface area contributed by atoms with E-state index < -0.39 is 0 Å².